The van der Waals surface area contributed by atoms with E-state index in [1.807, 2.05) is 24.1 Å². The number of anilines is 3. The molecule has 2 amide bonds. The van der Waals surface area contributed by atoms with Crippen LogP contribution in [0.4, 0.5) is 17.5 Å². The molecule has 3 rings (SSSR count). The van der Waals surface area contributed by atoms with Crippen molar-refractivity contribution in [2.45, 2.75) is 27.3 Å². The zero-order chi connectivity index (χ0) is 23.3. The highest BCUT2D eigenvalue weighted by molar-refractivity contribution is 5.97. The maximum atomic E-state index is 11.8. The Morgan fingerprint density at radius 2 is 1.69 bits per heavy atom. The van der Waals surface area contributed by atoms with Crippen LogP contribution >= 0.6 is 0 Å². The number of rotatable bonds is 7. The van der Waals surface area contributed by atoms with Crippen molar-refractivity contribution in [2.75, 3.05) is 29.2 Å². The van der Waals surface area contributed by atoms with Crippen LogP contribution < -0.4 is 15.5 Å². The molecule has 2 heterocycles. The van der Waals surface area contributed by atoms with Gasteiger partial charge in [-0.15, -0.1) is 0 Å². The first kappa shape index (κ1) is 22.5. The monoisotopic (exact) mass is 437 g/mol. The fourth-order valence-corrected chi connectivity index (χ4v) is 2.89. The van der Waals surface area contributed by atoms with E-state index >= 15 is 0 Å². The van der Waals surface area contributed by atoms with Crippen molar-refractivity contribution < 1.29 is 19.1 Å². The van der Waals surface area contributed by atoms with Gasteiger partial charge in [-0.3, -0.25) is 14.9 Å². The molecule has 1 aromatic carbocycles. The van der Waals surface area contributed by atoms with E-state index in [0.717, 1.165) is 5.69 Å². The number of aromatic nitrogens is 4. The van der Waals surface area contributed by atoms with Gasteiger partial charge < -0.3 is 15.0 Å². The van der Waals surface area contributed by atoms with Gasteiger partial charge in [0.15, 0.2) is 17.0 Å². The van der Waals surface area contributed by atoms with E-state index in [0.29, 0.717) is 29.9 Å². The van der Waals surface area contributed by atoms with Gasteiger partial charge in [-0.05, 0) is 31.2 Å². The highest BCUT2D eigenvalue weighted by atomic mass is 16.5. The van der Waals surface area contributed by atoms with E-state index in [4.69, 9.17) is 4.74 Å². The Morgan fingerprint density at radius 1 is 1.00 bits per heavy atom. The Morgan fingerprint density at radius 3 is 2.31 bits per heavy atom. The largest absolute Gasteiger partial charge is 0.462 e. The molecule has 32 heavy (non-hydrogen) atoms. The summed E-state index contributed by atoms with van der Waals surface area (Å²) >= 11 is 0. The molecule has 0 saturated carbocycles. The van der Waals surface area contributed by atoms with Crippen molar-refractivity contribution in [3.05, 3.63) is 41.7 Å². The van der Waals surface area contributed by atoms with Crippen LogP contribution in [0.3, 0.4) is 0 Å². The smallest absolute Gasteiger partial charge is 0.338 e. The van der Waals surface area contributed by atoms with Crippen molar-refractivity contribution in [1.82, 2.24) is 19.9 Å². The number of hydrogen-bond donors (Lipinski definition) is 2. The van der Waals surface area contributed by atoms with Crippen LogP contribution in [-0.4, -0.2) is 51.4 Å². The fraction of sp³-hybridized carbons (Fsp3) is 0.286. The summed E-state index contributed by atoms with van der Waals surface area (Å²) in [5.41, 5.74) is 2.48. The first-order valence-corrected chi connectivity index (χ1v) is 9.84. The number of carbonyl (C=O) groups is 3. The molecule has 166 valence electrons. The number of benzene rings is 1. The first-order chi connectivity index (χ1) is 15.3. The van der Waals surface area contributed by atoms with Gasteiger partial charge in [0, 0.05) is 26.6 Å². The first-order valence-electron chi connectivity index (χ1n) is 9.84. The number of ether oxygens (including phenoxy) is 1. The standard InChI is InChI=1S/C21H23N7O4/c1-5-32-20(31)14-6-8-16(9-7-14)28(4)11-15-10-22-18-17(25-15)19(23-12(2)29)27-21(26-18)24-13(3)30/h6-10H,5,11H2,1-4H3,(H2,22,23,24,26,27,29,30). The molecule has 11 heteroatoms. The molecule has 0 bridgehead atoms. The Bertz CT molecular complexity index is 1160. The molecule has 0 aliphatic heterocycles. The summed E-state index contributed by atoms with van der Waals surface area (Å²) in [4.78, 5) is 53.9. The minimum atomic E-state index is -0.369. The Hall–Kier alpha value is -4.15. The summed E-state index contributed by atoms with van der Waals surface area (Å²) < 4.78 is 5.00. The van der Waals surface area contributed by atoms with Crippen LogP contribution in [0.2, 0.25) is 0 Å². The van der Waals surface area contributed by atoms with E-state index in [-0.39, 0.29) is 35.2 Å². The normalized spacial score (nSPS) is 10.5. The van der Waals surface area contributed by atoms with Gasteiger partial charge in [0.1, 0.15) is 0 Å². The highest BCUT2D eigenvalue weighted by Gasteiger charge is 2.14. The quantitative estimate of drug-likeness (QED) is 0.532. The lowest BCUT2D eigenvalue weighted by Gasteiger charge is -2.19. The minimum Gasteiger partial charge on any atom is -0.462 e. The van der Waals surface area contributed by atoms with E-state index in [1.54, 1.807) is 25.3 Å². The molecule has 3 aromatic rings. The van der Waals surface area contributed by atoms with Gasteiger partial charge in [-0.2, -0.15) is 9.97 Å². The average molecular weight is 437 g/mol. The summed E-state index contributed by atoms with van der Waals surface area (Å²) in [6.45, 7) is 5.15. The predicted molar refractivity (Wildman–Crippen MR) is 118 cm³/mol. The van der Waals surface area contributed by atoms with Crippen LogP contribution in [0.5, 0.6) is 0 Å². The maximum absolute atomic E-state index is 11.8. The Kier molecular flexibility index (Phi) is 6.88. The molecule has 0 atom stereocenters. The van der Waals surface area contributed by atoms with Gasteiger partial charge >= 0.3 is 5.97 Å². The molecule has 0 fully saturated rings. The average Bonchev–Trinajstić information content (AvgIpc) is 2.73. The van der Waals surface area contributed by atoms with Crippen LogP contribution in [-0.2, 0) is 20.9 Å². The number of nitrogens with zero attached hydrogens (tertiary/aromatic N) is 5. The summed E-state index contributed by atoms with van der Waals surface area (Å²) in [7, 11) is 1.87. The molecule has 0 saturated heterocycles. The van der Waals surface area contributed by atoms with Gasteiger partial charge in [0.05, 0.1) is 30.6 Å². The van der Waals surface area contributed by atoms with Crippen molar-refractivity contribution in [1.29, 1.82) is 0 Å². The van der Waals surface area contributed by atoms with Crippen LogP contribution in [0.25, 0.3) is 11.2 Å². The molecular formula is C21H23N7O4. The number of nitrogens with one attached hydrogen (secondary N) is 2. The second kappa shape index (κ2) is 9.77. The van der Waals surface area contributed by atoms with Gasteiger partial charge in [0.2, 0.25) is 17.8 Å². The summed E-state index contributed by atoms with van der Waals surface area (Å²) in [5, 5.41) is 5.08. The lowest BCUT2D eigenvalue weighted by atomic mass is 10.2. The molecular weight excluding hydrogens is 414 g/mol. The number of carbonyl (C=O) groups excluding carboxylic acids is 3. The Labute approximate surface area is 184 Å². The second-order valence-corrected chi connectivity index (χ2v) is 6.92. The molecule has 2 N–H and O–H groups in total. The van der Waals surface area contributed by atoms with Crippen molar-refractivity contribution in [3.8, 4) is 0 Å². The predicted octanol–water partition coefficient (Wildman–Crippen LogP) is 2.15. The Balaban J connectivity index is 1.86. The number of fused-ring (bicyclic) bond motifs is 1. The van der Waals surface area contributed by atoms with E-state index in [9.17, 15) is 14.4 Å². The van der Waals surface area contributed by atoms with Gasteiger partial charge in [-0.1, -0.05) is 0 Å². The molecule has 0 radical (unpaired) electrons. The van der Waals surface area contributed by atoms with Gasteiger partial charge in [0.25, 0.3) is 0 Å². The zero-order valence-electron chi connectivity index (χ0n) is 18.2. The highest BCUT2D eigenvalue weighted by Crippen LogP contribution is 2.21. The molecule has 0 aliphatic rings. The van der Waals surface area contributed by atoms with Crippen LogP contribution in [0.1, 0.15) is 36.8 Å². The summed E-state index contributed by atoms with van der Waals surface area (Å²) in [5.74, 6) is -0.883. The van der Waals surface area contributed by atoms with Crippen molar-refractivity contribution in [2.24, 2.45) is 0 Å². The summed E-state index contributed by atoms with van der Waals surface area (Å²) in [6.07, 6.45) is 1.56. The lowest BCUT2D eigenvalue weighted by Crippen LogP contribution is -2.18. The van der Waals surface area contributed by atoms with E-state index in [2.05, 4.69) is 30.6 Å². The van der Waals surface area contributed by atoms with Crippen LogP contribution in [0, 0.1) is 0 Å². The third-order valence-electron chi connectivity index (χ3n) is 4.26. The number of hydrogen-bond acceptors (Lipinski definition) is 9. The molecule has 0 aliphatic carbocycles. The second-order valence-electron chi connectivity index (χ2n) is 6.92. The van der Waals surface area contributed by atoms with Gasteiger partial charge in [-0.25, -0.2) is 14.8 Å². The SMILES string of the molecule is CCOC(=O)c1ccc(N(C)Cc2cnc3nc(NC(C)=O)nc(NC(C)=O)c3n2)cc1. The molecule has 0 unspecified atom stereocenters. The number of amides is 2. The van der Waals surface area contributed by atoms with Crippen molar-refractivity contribution in [3.63, 3.8) is 0 Å². The molecule has 11 nitrogen and oxygen atoms in total. The summed E-state index contributed by atoms with van der Waals surface area (Å²) in [6, 6.07) is 7.02. The minimum absolute atomic E-state index is 0.0228. The zero-order valence-corrected chi connectivity index (χ0v) is 18.2. The molecule has 2 aromatic heterocycles. The number of esters is 1. The van der Waals surface area contributed by atoms with Crippen LogP contribution in [0.15, 0.2) is 30.5 Å². The lowest BCUT2D eigenvalue weighted by molar-refractivity contribution is -0.115. The van der Waals surface area contributed by atoms with Crippen molar-refractivity contribution >= 4 is 46.4 Å². The van der Waals surface area contributed by atoms with E-state index < -0.39 is 0 Å². The molecule has 0 spiro atoms. The fourth-order valence-electron chi connectivity index (χ4n) is 2.89. The maximum Gasteiger partial charge on any atom is 0.338 e. The topological polar surface area (TPSA) is 139 Å². The third kappa shape index (κ3) is 5.50. The van der Waals surface area contributed by atoms with E-state index in [1.165, 1.54) is 13.8 Å². The third-order valence-corrected chi connectivity index (χ3v) is 4.26.